The van der Waals surface area contributed by atoms with Gasteiger partial charge in [0.1, 0.15) is 17.8 Å². The smallest absolute Gasteiger partial charge is 0.251 e. The van der Waals surface area contributed by atoms with Crippen LogP contribution < -0.4 is 24.4 Å². The number of para-hydroxylation sites is 1. The summed E-state index contributed by atoms with van der Waals surface area (Å²) in [5.41, 5.74) is 3.29. The number of hydrogen-bond donors (Lipinski definition) is 1. The lowest BCUT2D eigenvalue weighted by molar-refractivity contribution is -0.122. The van der Waals surface area contributed by atoms with Crippen molar-refractivity contribution < 1.29 is 23.8 Å². The Labute approximate surface area is 209 Å². The van der Waals surface area contributed by atoms with Crippen molar-refractivity contribution in [1.82, 2.24) is 5.32 Å². The monoisotopic (exact) mass is 482 g/mol. The Kier molecular flexibility index (Phi) is 4.74. The molecule has 0 saturated heterocycles. The van der Waals surface area contributed by atoms with Crippen molar-refractivity contribution in [2.24, 2.45) is 0 Å². The second-order valence-corrected chi connectivity index (χ2v) is 9.96. The summed E-state index contributed by atoms with van der Waals surface area (Å²) in [7, 11) is 0. The number of nitrogens with one attached hydrogen (secondary N) is 1. The normalized spacial score (nSPS) is 21.6. The number of fused-ring (bicyclic) bond motifs is 5. The van der Waals surface area contributed by atoms with Crippen molar-refractivity contribution in [2.45, 2.75) is 43.7 Å². The van der Waals surface area contributed by atoms with Crippen LogP contribution in [0.2, 0.25) is 0 Å². The molecule has 7 nitrogen and oxygen atoms in total. The van der Waals surface area contributed by atoms with Crippen molar-refractivity contribution in [2.75, 3.05) is 18.3 Å². The third-order valence-electron chi connectivity index (χ3n) is 7.89. The quantitative estimate of drug-likeness (QED) is 0.600. The molecular weight excluding hydrogens is 456 g/mol. The van der Waals surface area contributed by atoms with Crippen LogP contribution in [-0.4, -0.2) is 31.3 Å². The van der Waals surface area contributed by atoms with Crippen LogP contribution in [0.25, 0.3) is 0 Å². The molecular formula is C29H26N2O5. The topological polar surface area (TPSA) is 77.1 Å². The Morgan fingerprint density at radius 3 is 2.47 bits per heavy atom. The van der Waals surface area contributed by atoms with E-state index in [2.05, 4.69) is 5.32 Å². The standard InChI is InChI=1S/C29H26N2O5/c32-27(30-20-5-1-2-6-20)19-11-9-18(10-12-19)15-31-23-8-4-3-7-21(23)29(28(31)33)16-34-24-14-26-25(13-22(24)29)35-17-36-26/h3-4,7-14,20H,1-2,5-6,15-17H2,(H,30,32). The van der Waals surface area contributed by atoms with Gasteiger partial charge in [-0.3, -0.25) is 9.59 Å². The highest BCUT2D eigenvalue weighted by Gasteiger charge is 2.57. The van der Waals surface area contributed by atoms with E-state index in [0.717, 1.165) is 35.2 Å². The zero-order valence-corrected chi connectivity index (χ0v) is 19.8. The molecule has 1 spiro atoms. The summed E-state index contributed by atoms with van der Waals surface area (Å²) < 4.78 is 17.2. The second-order valence-electron chi connectivity index (χ2n) is 9.96. The number of anilines is 1. The lowest BCUT2D eigenvalue weighted by atomic mass is 9.77. The Morgan fingerprint density at radius 2 is 1.67 bits per heavy atom. The van der Waals surface area contributed by atoms with Gasteiger partial charge in [0.2, 0.25) is 12.7 Å². The molecule has 3 aliphatic heterocycles. The highest BCUT2D eigenvalue weighted by Crippen LogP contribution is 2.55. The largest absolute Gasteiger partial charge is 0.491 e. The average Bonchev–Trinajstić information content (AvgIpc) is 3.69. The molecule has 182 valence electrons. The van der Waals surface area contributed by atoms with E-state index in [1.54, 1.807) is 0 Å². The Bertz CT molecular complexity index is 1380. The van der Waals surface area contributed by atoms with Crippen LogP contribution in [0.1, 0.15) is 52.7 Å². The van der Waals surface area contributed by atoms with E-state index in [0.29, 0.717) is 29.4 Å². The van der Waals surface area contributed by atoms with E-state index in [9.17, 15) is 9.59 Å². The first-order chi connectivity index (χ1) is 17.6. The molecule has 7 rings (SSSR count). The molecule has 1 unspecified atom stereocenters. The zero-order valence-electron chi connectivity index (χ0n) is 19.8. The number of benzene rings is 3. The lowest BCUT2D eigenvalue weighted by Crippen LogP contribution is -2.42. The van der Waals surface area contributed by atoms with Crippen LogP contribution in [0.3, 0.4) is 0 Å². The first-order valence-electron chi connectivity index (χ1n) is 12.5. The van der Waals surface area contributed by atoms with Crippen molar-refractivity contribution in [3.8, 4) is 17.2 Å². The van der Waals surface area contributed by atoms with Crippen LogP contribution in [0.15, 0.2) is 60.7 Å². The van der Waals surface area contributed by atoms with Crippen molar-refractivity contribution in [1.29, 1.82) is 0 Å². The van der Waals surface area contributed by atoms with E-state index in [1.165, 1.54) is 12.8 Å². The fourth-order valence-electron chi connectivity index (χ4n) is 6.00. The molecule has 3 aromatic carbocycles. The summed E-state index contributed by atoms with van der Waals surface area (Å²) in [5.74, 6) is 1.87. The number of hydrogen-bond acceptors (Lipinski definition) is 5. The molecule has 0 aromatic heterocycles. The average molecular weight is 483 g/mol. The maximum atomic E-state index is 14.1. The van der Waals surface area contributed by atoms with Gasteiger partial charge in [-0.15, -0.1) is 0 Å². The molecule has 3 heterocycles. The summed E-state index contributed by atoms with van der Waals surface area (Å²) in [6.07, 6.45) is 4.46. The van der Waals surface area contributed by atoms with Gasteiger partial charge in [0, 0.05) is 28.9 Å². The number of nitrogens with zero attached hydrogens (tertiary/aromatic N) is 1. The maximum Gasteiger partial charge on any atom is 0.251 e. The molecule has 1 N–H and O–H groups in total. The van der Waals surface area contributed by atoms with Gasteiger partial charge in [0.25, 0.3) is 5.91 Å². The number of rotatable bonds is 4. The van der Waals surface area contributed by atoms with Gasteiger partial charge in [0.05, 0.1) is 6.54 Å². The molecule has 4 aliphatic rings. The number of carbonyl (C=O) groups is 2. The van der Waals surface area contributed by atoms with E-state index < -0.39 is 5.41 Å². The zero-order chi connectivity index (χ0) is 24.3. The van der Waals surface area contributed by atoms with E-state index in [1.807, 2.05) is 65.6 Å². The van der Waals surface area contributed by atoms with Crippen LogP contribution in [0.5, 0.6) is 17.2 Å². The third-order valence-corrected chi connectivity index (χ3v) is 7.89. The van der Waals surface area contributed by atoms with Crippen LogP contribution >= 0.6 is 0 Å². The lowest BCUT2D eigenvalue weighted by Gasteiger charge is -2.23. The Hall–Kier alpha value is -4.00. The van der Waals surface area contributed by atoms with Crippen LogP contribution in [0, 0.1) is 0 Å². The summed E-state index contributed by atoms with van der Waals surface area (Å²) in [6, 6.07) is 19.4. The SMILES string of the molecule is O=C(NC1CCCC1)c1ccc(CN2C(=O)C3(COc4cc5c(cc43)OCO5)c3ccccc32)cc1. The van der Waals surface area contributed by atoms with Gasteiger partial charge in [0.15, 0.2) is 11.5 Å². The third kappa shape index (κ3) is 3.11. The summed E-state index contributed by atoms with van der Waals surface area (Å²) >= 11 is 0. The van der Waals surface area contributed by atoms with Crippen LogP contribution in [0.4, 0.5) is 5.69 Å². The molecule has 36 heavy (non-hydrogen) atoms. The van der Waals surface area contributed by atoms with Gasteiger partial charge in [-0.1, -0.05) is 43.2 Å². The number of ether oxygens (including phenoxy) is 3. The molecule has 0 radical (unpaired) electrons. The summed E-state index contributed by atoms with van der Waals surface area (Å²) in [5, 5.41) is 3.13. The fraction of sp³-hybridized carbons (Fsp3) is 0.310. The molecule has 2 amide bonds. The minimum absolute atomic E-state index is 0.0237. The van der Waals surface area contributed by atoms with E-state index in [4.69, 9.17) is 14.2 Å². The Balaban J connectivity index is 1.18. The predicted octanol–water partition coefficient (Wildman–Crippen LogP) is 4.31. The van der Waals surface area contributed by atoms with Crippen molar-refractivity contribution in [3.63, 3.8) is 0 Å². The van der Waals surface area contributed by atoms with Gasteiger partial charge < -0.3 is 24.4 Å². The van der Waals surface area contributed by atoms with Gasteiger partial charge in [-0.25, -0.2) is 0 Å². The predicted molar refractivity (Wildman–Crippen MR) is 133 cm³/mol. The number of amides is 2. The Morgan fingerprint density at radius 1 is 0.917 bits per heavy atom. The highest BCUT2D eigenvalue weighted by atomic mass is 16.7. The second kappa shape index (κ2) is 8.01. The van der Waals surface area contributed by atoms with Gasteiger partial charge in [-0.05, 0) is 48.2 Å². The summed E-state index contributed by atoms with van der Waals surface area (Å²) in [4.78, 5) is 28.6. The molecule has 1 saturated carbocycles. The first-order valence-corrected chi connectivity index (χ1v) is 12.5. The molecule has 7 heteroatoms. The van der Waals surface area contributed by atoms with Crippen LogP contribution in [-0.2, 0) is 16.8 Å². The van der Waals surface area contributed by atoms with Gasteiger partial charge >= 0.3 is 0 Å². The fourth-order valence-corrected chi connectivity index (χ4v) is 6.00. The minimum Gasteiger partial charge on any atom is -0.491 e. The van der Waals surface area contributed by atoms with Gasteiger partial charge in [-0.2, -0.15) is 0 Å². The number of carbonyl (C=O) groups excluding carboxylic acids is 2. The summed E-state index contributed by atoms with van der Waals surface area (Å²) in [6.45, 7) is 0.802. The minimum atomic E-state index is -0.923. The first kappa shape index (κ1) is 21.3. The van der Waals surface area contributed by atoms with E-state index >= 15 is 0 Å². The molecule has 1 atom stereocenters. The highest BCUT2D eigenvalue weighted by molar-refractivity contribution is 6.11. The molecule has 0 bridgehead atoms. The molecule has 3 aromatic rings. The van der Waals surface area contributed by atoms with Crippen molar-refractivity contribution >= 4 is 17.5 Å². The van der Waals surface area contributed by atoms with E-state index in [-0.39, 0.29) is 31.3 Å². The molecule has 1 aliphatic carbocycles. The van der Waals surface area contributed by atoms with Crippen molar-refractivity contribution in [3.05, 3.63) is 82.9 Å². The molecule has 1 fully saturated rings. The maximum absolute atomic E-state index is 14.1.